The van der Waals surface area contributed by atoms with E-state index in [0.717, 1.165) is 24.6 Å². The van der Waals surface area contributed by atoms with Gasteiger partial charge in [-0.25, -0.2) is 8.42 Å². The van der Waals surface area contributed by atoms with Gasteiger partial charge in [-0.3, -0.25) is 19.6 Å². The van der Waals surface area contributed by atoms with Crippen LogP contribution in [0, 0.1) is 10.1 Å². The molecule has 0 spiro atoms. The molecule has 1 amide bonds. The molecule has 1 saturated heterocycles. The smallest absolute Gasteiger partial charge is 0.289 e. The van der Waals surface area contributed by atoms with E-state index in [9.17, 15) is 23.3 Å². The first-order valence-corrected chi connectivity index (χ1v) is 9.99. The maximum atomic E-state index is 12.5. The molecular weight excluding hydrogens is 417 g/mol. The van der Waals surface area contributed by atoms with Crippen molar-refractivity contribution in [3.05, 3.63) is 56.6 Å². The van der Waals surface area contributed by atoms with Crippen LogP contribution in [0.1, 0.15) is 12.8 Å². The summed E-state index contributed by atoms with van der Waals surface area (Å²) in [6.07, 6.45) is 1.18. The van der Waals surface area contributed by atoms with E-state index in [1.807, 2.05) is 0 Å². The average molecular weight is 430 g/mol. The summed E-state index contributed by atoms with van der Waals surface area (Å²) >= 11 is 11.9. The second-order valence-electron chi connectivity index (χ2n) is 5.79. The molecule has 2 aromatic rings. The average Bonchev–Trinajstić information content (AvgIpc) is 3.00. The van der Waals surface area contributed by atoms with Crippen LogP contribution in [-0.4, -0.2) is 25.8 Å². The summed E-state index contributed by atoms with van der Waals surface area (Å²) in [6, 6.07) is 7.58. The van der Waals surface area contributed by atoms with Crippen molar-refractivity contribution in [2.24, 2.45) is 0 Å². The van der Waals surface area contributed by atoms with E-state index in [1.54, 1.807) is 11.0 Å². The Hall–Kier alpha value is -2.36. The quantitative estimate of drug-likeness (QED) is 0.573. The van der Waals surface area contributed by atoms with Gasteiger partial charge in [0.2, 0.25) is 5.91 Å². The van der Waals surface area contributed by atoms with E-state index in [0.29, 0.717) is 18.7 Å². The van der Waals surface area contributed by atoms with Crippen LogP contribution in [0.4, 0.5) is 17.1 Å². The van der Waals surface area contributed by atoms with Crippen molar-refractivity contribution in [1.29, 1.82) is 0 Å². The number of amides is 1. The van der Waals surface area contributed by atoms with E-state index in [1.165, 1.54) is 12.1 Å². The Morgan fingerprint density at radius 2 is 1.85 bits per heavy atom. The molecule has 0 bridgehead atoms. The van der Waals surface area contributed by atoms with Gasteiger partial charge in [-0.2, -0.15) is 0 Å². The number of rotatable bonds is 5. The summed E-state index contributed by atoms with van der Waals surface area (Å²) in [5.41, 5.74) is 0.151. The Morgan fingerprint density at radius 3 is 2.44 bits per heavy atom. The lowest BCUT2D eigenvalue weighted by Gasteiger charge is -2.18. The molecule has 1 heterocycles. The molecule has 11 heteroatoms. The van der Waals surface area contributed by atoms with E-state index in [4.69, 9.17) is 23.2 Å². The summed E-state index contributed by atoms with van der Waals surface area (Å²) in [7, 11) is -4.10. The third-order valence-corrected chi connectivity index (χ3v) is 5.99. The van der Waals surface area contributed by atoms with Gasteiger partial charge in [0, 0.05) is 19.0 Å². The van der Waals surface area contributed by atoms with Gasteiger partial charge < -0.3 is 4.90 Å². The Kier molecular flexibility index (Phi) is 5.27. The number of halogens is 2. The van der Waals surface area contributed by atoms with Gasteiger partial charge in [0.05, 0.1) is 26.2 Å². The first kappa shape index (κ1) is 19.4. The Labute approximate surface area is 164 Å². The Bertz CT molecular complexity index is 1040. The van der Waals surface area contributed by atoms with Gasteiger partial charge >= 0.3 is 0 Å². The van der Waals surface area contributed by atoms with Crippen LogP contribution in [0.5, 0.6) is 0 Å². The van der Waals surface area contributed by atoms with Crippen molar-refractivity contribution in [2.45, 2.75) is 17.7 Å². The van der Waals surface area contributed by atoms with Crippen molar-refractivity contribution in [2.75, 3.05) is 16.2 Å². The number of nitrogens with one attached hydrogen (secondary N) is 1. The molecule has 27 heavy (non-hydrogen) atoms. The fourth-order valence-corrected chi connectivity index (χ4v) is 4.24. The molecule has 142 valence electrons. The zero-order valence-electron chi connectivity index (χ0n) is 13.7. The molecule has 3 rings (SSSR count). The predicted molar refractivity (Wildman–Crippen MR) is 102 cm³/mol. The van der Waals surface area contributed by atoms with Gasteiger partial charge in [0.15, 0.2) is 0 Å². The third-order valence-electron chi connectivity index (χ3n) is 3.99. The van der Waals surface area contributed by atoms with Gasteiger partial charge in [0.25, 0.3) is 15.7 Å². The van der Waals surface area contributed by atoms with Gasteiger partial charge in [-0.1, -0.05) is 23.2 Å². The molecule has 8 nitrogen and oxygen atoms in total. The number of carbonyl (C=O) groups excluding carboxylic acids is 1. The number of carbonyl (C=O) groups is 1. The highest BCUT2D eigenvalue weighted by atomic mass is 35.5. The van der Waals surface area contributed by atoms with E-state index in [-0.39, 0.29) is 26.5 Å². The number of nitro groups is 1. The third kappa shape index (κ3) is 4.00. The van der Waals surface area contributed by atoms with Crippen LogP contribution in [0.15, 0.2) is 41.3 Å². The van der Waals surface area contributed by atoms with Crippen molar-refractivity contribution in [1.82, 2.24) is 0 Å². The molecule has 0 radical (unpaired) electrons. The molecule has 1 aliphatic heterocycles. The summed E-state index contributed by atoms with van der Waals surface area (Å²) in [5.74, 6) is -0.0429. The number of benzene rings is 2. The van der Waals surface area contributed by atoms with E-state index < -0.39 is 20.6 Å². The zero-order chi connectivity index (χ0) is 19.8. The zero-order valence-corrected chi connectivity index (χ0v) is 16.0. The van der Waals surface area contributed by atoms with Crippen molar-refractivity contribution >= 4 is 56.2 Å². The number of hydrogen-bond acceptors (Lipinski definition) is 5. The lowest BCUT2D eigenvalue weighted by molar-refractivity contribution is -0.384. The molecule has 0 aliphatic carbocycles. The first-order valence-electron chi connectivity index (χ1n) is 7.76. The van der Waals surface area contributed by atoms with Gasteiger partial charge in [-0.05, 0) is 36.8 Å². The molecule has 0 unspecified atom stereocenters. The van der Waals surface area contributed by atoms with Crippen LogP contribution in [0.25, 0.3) is 0 Å². The Balaban J connectivity index is 1.88. The molecule has 1 fully saturated rings. The number of nitro benzene ring substituents is 1. The second kappa shape index (κ2) is 7.34. The molecular formula is C16H13Cl2N3O5S. The molecule has 2 aromatic carbocycles. The highest BCUT2D eigenvalue weighted by molar-refractivity contribution is 7.92. The topological polar surface area (TPSA) is 110 Å². The number of sulfonamides is 1. The summed E-state index contributed by atoms with van der Waals surface area (Å²) in [6.45, 7) is 0.554. The minimum absolute atomic E-state index is 0.0429. The van der Waals surface area contributed by atoms with E-state index in [2.05, 4.69) is 4.72 Å². The lowest BCUT2D eigenvalue weighted by Crippen LogP contribution is -2.24. The van der Waals surface area contributed by atoms with Crippen molar-refractivity contribution < 1.29 is 18.1 Å². The number of nitrogens with zero attached hydrogens (tertiary/aromatic N) is 2. The molecule has 0 aromatic heterocycles. The lowest BCUT2D eigenvalue weighted by atomic mass is 10.2. The number of hydrogen-bond donors (Lipinski definition) is 1. The van der Waals surface area contributed by atoms with E-state index >= 15 is 0 Å². The molecule has 0 saturated carbocycles. The molecule has 1 N–H and O–H groups in total. The fraction of sp³-hybridized carbons (Fsp3) is 0.188. The summed E-state index contributed by atoms with van der Waals surface area (Å²) in [5, 5.41) is 11.0. The normalized spacial score (nSPS) is 14.4. The SMILES string of the molecule is O=C1CCCN1c1ccc(NS(=O)(=O)c2ccc(Cl)c([N+](=O)[O-])c2)cc1Cl. The number of anilines is 2. The van der Waals surface area contributed by atoms with Gasteiger partial charge in [-0.15, -0.1) is 0 Å². The first-order chi connectivity index (χ1) is 12.7. The highest BCUT2D eigenvalue weighted by Gasteiger charge is 2.25. The monoisotopic (exact) mass is 429 g/mol. The maximum Gasteiger partial charge on any atom is 0.289 e. The largest absolute Gasteiger partial charge is 0.311 e. The van der Waals surface area contributed by atoms with Crippen LogP contribution < -0.4 is 9.62 Å². The minimum atomic E-state index is -4.10. The van der Waals surface area contributed by atoms with Crippen LogP contribution in [0.3, 0.4) is 0 Å². The van der Waals surface area contributed by atoms with Crippen molar-refractivity contribution in [3.8, 4) is 0 Å². The summed E-state index contributed by atoms with van der Waals surface area (Å²) < 4.78 is 27.3. The molecule has 1 aliphatic rings. The highest BCUT2D eigenvalue weighted by Crippen LogP contribution is 2.33. The van der Waals surface area contributed by atoms with Gasteiger partial charge in [0.1, 0.15) is 5.02 Å². The van der Waals surface area contributed by atoms with Crippen LogP contribution in [-0.2, 0) is 14.8 Å². The summed E-state index contributed by atoms with van der Waals surface area (Å²) in [4.78, 5) is 23.2. The molecule has 0 atom stereocenters. The fourth-order valence-electron chi connectivity index (χ4n) is 2.71. The Morgan fingerprint density at radius 1 is 1.11 bits per heavy atom. The van der Waals surface area contributed by atoms with Crippen LogP contribution in [0.2, 0.25) is 10.0 Å². The van der Waals surface area contributed by atoms with Crippen LogP contribution >= 0.6 is 23.2 Å². The minimum Gasteiger partial charge on any atom is -0.311 e. The maximum absolute atomic E-state index is 12.5. The second-order valence-corrected chi connectivity index (χ2v) is 8.29. The van der Waals surface area contributed by atoms with Crippen molar-refractivity contribution in [3.63, 3.8) is 0 Å². The standard InChI is InChI=1S/C16H13Cl2N3O5S/c17-12-5-4-11(9-15(12)21(23)24)27(25,26)19-10-3-6-14(13(18)8-10)20-7-1-2-16(20)22/h3-6,8-9,19H,1-2,7H2. The predicted octanol–water partition coefficient (Wildman–Crippen LogP) is 3.83.